The molecule has 0 fully saturated rings. The van der Waals surface area contributed by atoms with Gasteiger partial charge >= 0.3 is 0 Å². The molecule has 0 radical (unpaired) electrons. The first-order valence-corrected chi connectivity index (χ1v) is 6.52. The molecule has 0 aliphatic rings. The average molecular weight is 339 g/mol. The second-order valence-electron chi connectivity index (χ2n) is 3.89. The van der Waals surface area contributed by atoms with Gasteiger partial charge in [-0.3, -0.25) is 4.79 Å². The van der Waals surface area contributed by atoms with Crippen LogP contribution in [0, 0.1) is 11.3 Å². The summed E-state index contributed by atoms with van der Waals surface area (Å²) in [4.78, 5) is 12.0. The van der Waals surface area contributed by atoms with Crippen molar-refractivity contribution in [3.05, 3.63) is 55.9 Å². The normalized spacial score (nSPS) is 10.0. The van der Waals surface area contributed by atoms with Crippen molar-refractivity contribution in [2.75, 3.05) is 5.32 Å². The summed E-state index contributed by atoms with van der Waals surface area (Å²) in [5.74, 6) is 0. The summed E-state index contributed by atoms with van der Waals surface area (Å²) in [7, 11) is 1.62. The number of benzene rings is 1. The molecule has 0 aliphatic carbocycles. The Morgan fingerprint density at radius 3 is 2.89 bits per heavy atom. The molecular weight excluding hydrogens is 330 g/mol. The van der Waals surface area contributed by atoms with Crippen molar-refractivity contribution in [2.24, 2.45) is 7.05 Å². The van der Waals surface area contributed by atoms with E-state index in [1.165, 1.54) is 16.8 Å². The fraction of sp³-hybridized carbons (Fsp3) is 0.0769. The highest BCUT2D eigenvalue weighted by molar-refractivity contribution is 9.10. The first-order valence-electron chi connectivity index (χ1n) is 5.34. The van der Waals surface area contributed by atoms with Crippen molar-refractivity contribution in [2.45, 2.75) is 0 Å². The minimum atomic E-state index is -0.218. The van der Waals surface area contributed by atoms with E-state index in [9.17, 15) is 4.79 Å². The topological polar surface area (TPSA) is 57.8 Å². The zero-order chi connectivity index (χ0) is 14.0. The molecule has 4 nitrogen and oxygen atoms in total. The van der Waals surface area contributed by atoms with Crippen molar-refractivity contribution in [1.82, 2.24) is 4.57 Å². The number of aryl methyl sites for hydroxylation is 1. The Balaban J connectivity index is 2.54. The molecule has 0 amide bonds. The number of nitrogens with zero attached hydrogens (tertiary/aromatic N) is 2. The number of halogens is 2. The van der Waals surface area contributed by atoms with E-state index in [0.29, 0.717) is 26.4 Å². The molecule has 1 N–H and O–H groups in total. The second-order valence-corrected chi connectivity index (χ2v) is 5.18. The lowest BCUT2D eigenvalue weighted by Gasteiger charge is -2.11. The highest BCUT2D eigenvalue weighted by Crippen LogP contribution is 2.28. The predicted octanol–water partition coefficient (Wildman–Crippen LogP) is 3.42. The average Bonchev–Trinajstić information content (AvgIpc) is 2.37. The molecule has 6 heteroatoms. The highest BCUT2D eigenvalue weighted by Gasteiger charge is 2.10. The molecule has 0 spiro atoms. The molecule has 0 saturated heterocycles. The molecule has 1 aromatic carbocycles. The van der Waals surface area contributed by atoms with Crippen molar-refractivity contribution in [3.63, 3.8) is 0 Å². The van der Waals surface area contributed by atoms with E-state index >= 15 is 0 Å². The van der Waals surface area contributed by atoms with E-state index in [0.717, 1.165) is 0 Å². The van der Waals surface area contributed by atoms with Crippen molar-refractivity contribution in [3.8, 4) is 6.07 Å². The van der Waals surface area contributed by atoms with Gasteiger partial charge in [-0.25, -0.2) is 0 Å². The maximum Gasteiger partial charge on any atom is 0.274 e. The molecule has 96 valence electrons. The van der Waals surface area contributed by atoms with Gasteiger partial charge in [0.25, 0.3) is 5.56 Å². The summed E-state index contributed by atoms with van der Waals surface area (Å²) in [6.07, 6.45) is 1.53. The van der Waals surface area contributed by atoms with Crippen LogP contribution < -0.4 is 10.9 Å². The maximum atomic E-state index is 12.0. The number of hydrogen-bond donors (Lipinski definition) is 1. The van der Waals surface area contributed by atoms with Gasteiger partial charge in [0.2, 0.25) is 0 Å². The number of para-hydroxylation sites is 1. The fourth-order valence-electron chi connectivity index (χ4n) is 1.64. The number of nitrogens with one attached hydrogen (secondary N) is 1. The van der Waals surface area contributed by atoms with Crippen LogP contribution in [0.2, 0.25) is 5.02 Å². The predicted molar refractivity (Wildman–Crippen MR) is 78.8 cm³/mol. The number of pyridine rings is 1. The van der Waals surface area contributed by atoms with E-state index in [2.05, 4.69) is 27.3 Å². The molecule has 1 aromatic heterocycles. The Morgan fingerprint density at radius 2 is 2.21 bits per heavy atom. The molecular formula is C13H9BrClN3O. The molecule has 1 heterocycles. The minimum Gasteiger partial charge on any atom is -0.349 e. The van der Waals surface area contributed by atoms with Gasteiger partial charge < -0.3 is 9.88 Å². The Kier molecular flexibility index (Phi) is 3.93. The monoisotopic (exact) mass is 337 g/mol. The van der Waals surface area contributed by atoms with Gasteiger partial charge in [-0.2, -0.15) is 5.26 Å². The summed E-state index contributed by atoms with van der Waals surface area (Å²) >= 11 is 9.28. The smallest absolute Gasteiger partial charge is 0.274 e. The first-order chi connectivity index (χ1) is 9.02. The molecule has 0 bridgehead atoms. The maximum absolute atomic E-state index is 12.0. The van der Waals surface area contributed by atoms with Gasteiger partial charge in [-0.15, -0.1) is 0 Å². The summed E-state index contributed by atoms with van der Waals surface area (Å²) < 4.78 is 2.08. The third kappa shape index (κ3) is 2.80. The summed E-state index contributed by atoms with van der Waals surface area (Å²) in [6, 6.07) is 8.82. The van der Waals surface area contributed by atoms with Crippen LogP contribution in [-0.4, -0.2) is 4.57 Å². The third-order valence-corrected chi connectivity index (χ3v) is 3.41. The van der Waals surface area contributed by atoms with Crippen LogP contribution in [-0.2, 0) is 7.05 Å². The minimum absolute atomic E-state index is 0.218. The van der Waals surface area contributed by atoms with E-state index in [4.69, 9.17) is 16.9 Å². The van der Waals surface area contributed by atoms with E-state index in [-0.39, 0.29) is 5.56 Å². The molecule has 0 aliphatic heterocycles. The lowest BCUT2D eigenvalue weighted by Crippen LogP contribution is -2.19. The third-order valence-electron chi connectivity index (χ3n) is 2.54. The molecule has 2 rings (SSSR count). The lowest BCUT2D eigenvalue weighted by molar-refractivity contribution is 0.863. The van der Waals surface area contributed by atoms with Crippen LogP contribution in [0.4, 0.5) is 11.4 Å². The second kappa shape index (κ2) is 5.47. The van der Waals surface area contributed by atoms with E-state index in [1.54, 1.807) is 25.2 Å². The van der Waals surface area contributed by atoms with Crippen LogP contribution in [0.25, 0.3) is 0 Å². The number of rotatable bonds is 2. The van der Waals surface area contributed by atoms with Crippen LogP contribution >= 0.6 is 27.5 Å². The van der Waals surface area contributed by atoms with E-state index < -0.39 is 0 Å². The van der Waals surface area contributed by atoms with E-state index in [1.807, 2.05) is 0 Å². The Hall–Kier alpha value is -1.77. The highest BCUT2D eigenvalue weighted by atomic mass is 79.9. The van der Waals surface area contributed by atoms with Crippen molar-refractivity contribution in [1.29, 1.82) is 5.26 Å². The summed E-state index contributed by atoms with van der Waals surface area (Å²) in [5, 5.41) is 12.5. The number of nitriles is 1. The quantitative estimate of drug-likeness (QED) is 0.913. The Morgan fingerprint density at radius 1 is 1.47 bits per heavy atom. The zero-order valence-corrected chi connectivity index (χ0v) is 12.3. The molecule has 0 unspecified atom stereocenters. The largest absolute Gasteiger partial charge is 0.349 e. The molecule has 19 heavy (non-hydrogen) atoms. The first kappa shape index (κ1) is 13.7. The summed E-state index contributed by atoms with van der Waals surface area (Å²) in [6.45, 7) is 0. The van der Waals surface area contributed by atoms with Crippen LogP contribution in [0.1, 0.15) is 5.56 Å². The van der Waals surface area contributed by atoms with Gasteiger partial charge in [0.1, 0.15) is 11.8 Å². The molecule has 2 aromatic rings. The Labute approximate surface area is 123 Å². The fourth-order valence-corrected chi connectivity index (χ4v) is 2.36. The van der Waals surface area contributed by atoms with Crippen molar-refractivity contribution < 1.29 is 0 Å². The van der Waals surface area contributed by atoms with Crippen LogP contribution in [0.5, 0.6) is 0 Å². The van der Waals surface area contributed by atoms with Crippen molar-refractivity contribution >= 4 is 38.9 Å². The number of hydrogen-bond acceptors (Lipinski definition) is 3. The Bertz CT molecular complexity index is 734. The lowest BCUT2D eigenvalue weighted by atomic mass is 10.2. The zero-order valence-electron chi connectivity index (χ0n) is 9.95. The standard InChI is InChI=1S/C13H9BrClN3O/c1-18-7-9(15)5-11(13(18)19)17-12-8(6-16)3-2-4-10(12)14/h2-5,7,17H,1H3. The molecule has 0 atom stereocenters. The van der Waals surface area contributed by atoms with Gasteiger partial charge in [-0.05, 0) is 34.1 Å². The van der Waals surface area contributed by atoms with Crippen LogP contribution in [0.15, 0.2) is 39.7 Å². The molecule has 0 saturated carbocycles. The number of aromatic nitrogens is 1. The summed E-state index contributed by atoms with van der Waals surface area (Å²) in [5.41, 5.74) is 1.09. The van der Waals surface area contributed by atoms with Gasteiger partial charge in [0.05, 0.1) is 16.3 Å². The SMILES string of the molecule is Cn1cc(Cl)cc(Nc2c(Br)cccc2C#N)c1=O. The van der Waals surface area contributed by atoms with Crippen LogP contribution in [0.3, 0.4) is 0 Å². The van der Waals surface area contributed by atoms with Gasteiger partial charge in [0, 0.05) is 17.7 Å². The van der Waals surface area contributed by atoms with Gasteiger partial charge in [-0.1, -0.05) is 17.7 Å². The number of anilines is 2. The van der Waals surface area contributed by atoms with Gasteiger partial charge in [0.15, 0.2) is 0 Å².